The molecule has 3 nitrogen and oxygen atoms in total. The van der Waals surface area contributed by atoms with E-state index in [-0.39, 0.29) is 36.7 Å². The molecule has 0 saturated heterocycles. The van der Waals surface area contributed by atoms with Crippen molar-refractivity contribution < 1.29 is 13.6 Å². The normalized spacial score (nSPS) is 14.0. The average Bonchev–Trinajstić information content (AvgIpc) is 3.37. The minimum absolute atomic E-state index is 0.132. The van der Waals surface area contributed by atoms with Crippen LogP contribution in [0.15, 0.2) is 42.5 Å². The number of hydrogen-bond acceptors (Lipinski definition) is 2. The Morgan fingerprint density at radius 1 is 1.17 bits per heavy atom. The highest BCUT2D eigenvalue weighted by molar-refractivity contribution is 6.31. The molecule has 1 fully saturated rings. The largest absolute Gasteiger partial charge is 0.325 e. The van der Waals surface area contributed by atoms with Gasteiger partial charge in [0, 0.05) is 28.9 Å². The van der Waals surface area contributed by atoms with Crippen molar-refractivity contribution in [3.63, 3.8) is 0 Å². The van der Waals surface area contributed by atoms with E-state index in [1.165, 1.54) is 30.3 Å². The van der Waals surface area contributed by atoms with Crippen molar-refractivity contribution in [1.29, 1.82) is 0 Å². The average molecular weight is 351 g/mol. The van der Waals surface area contributed by atoms with Crippen LogP contribution in [0, 0.1) is 11.6 Å². The van der Waals surface area contributed by atoms with Crippen LogP contribution in [0.4, 0.5) is 14.5 Å². The Kier molecular flexibility index (Phi) is 5.11. The second-order valence-corrected chi connectivity index (χ2v) is 6.30. The molecule has 0 aliphatic heterocycles. The Morgan fingerprint density at radius 3 is 2.50 bits per heavy atom. The topological polar surface area (TPSA) is 32.3 Å². The van der Waals surface area contributed by atoms with Crippen LogP contribution in [0.5, 0.6) is 0 Å². The minimum atomic E-state index is -0.368. The highest BCUT2D eigenvalue weighted by Gasteiger charge is 2.31. The van der Waals surface area contributed by atoms with Gasteiger partial charge in [0.15, 0.2) is 0 Å². The molecule has 1 amide bonds. The van der Waals surface area contributed by atoms with E-state index in [1.54, 1.807) is 12.1 Å². The van der Waals surface area contributed by atoms with Gasteiger partial charge in [-0.15, -0.1) is 0 Å². The lowest BCUT2D eigenvalue weighted by Crippen LogP contribution is -2.34. The second-order valence-electron chi connectivity index (χ2n) is 5.89. The molecule has 0 atom stereocenters. The van der Waals surface area contributed by atoms with Gasteiger partial charge in [-0.3, -0.25) is 9.69 Å². The van der Waals surface area contributed by atoms with Crippen LogP contribution in [0.2, 0.25) is 5.02 Å². The molecule has 0 aromatic heterocycles. The summed E-state index contributed by atoms with van der Waals surface area (Å²) in [7, 11) is 0. The lowest BCUT2D eigenvalue weighted by atomic mass is 10.2. The molecule has 0 spiro atoms. The van der Waals surface area contributed by atoms with Gasteiger partial charge in [-0.2, -0.15) is 0 Å². The first-order chi connectivity index (χ1) is 11.5. The fourth-order valence-electron chi connectivity index (χ4n) is 2.56. The van der Waals surface area contributed by atoms with E-state index in [4.69, 9.17) is 11.6 Å². The van der Waals surface area contributed by atoms with Gasteiger partial charge in [0.2, 0.25) is 5.91 Å². The van der Waals surface area contributed by atoms with E-state index in [9.17, 15) is 13.6 Å². The van der Waals surface area contributed by atoms with Crippen LogP contribution < -0.4 is 5.32 Å². The number of halogens is 3. The lowest BCUT2D eigenvalue weighted by molar-refractivity contribution is -0.117. The molecule has 0 unspecified atom stereocenters. The Bertz CT molecular complexity index is 712. The van der Waals surface area contributed by atoms with Crippen LogP contribution in [0.25, 0.3) is 0 Å². The van der Waals surface area contributed by atoms with Crippen molar-refractivity contribution in [2.75, 3.05) is 11.9 Å². The van der Waals surface area contributed by atoms with Crippen molar-refractivity contribution in [2.45, 2.75) is 25.4 Å². The zero-order valence-electron chi connectivity index (χ0n) is 12.9. The second kappa shape index (κ2) is 7.28. The van der Waals surface area contributed by atoms with Crippen LogP contribution in [0.1, 0.15) is 18.4 Å². The third kappa shape index (κ3) is 4.30. The number of nitrogens with one attached hydrogen (secondary N) is 1. The number of carbonyl (C=O) groups is 1. The molecule has 24 heavy (non-hydrogen) atoms. The number of benzene rings is 2. The van der Waals surface area contributed by atoms with Gasteiger partial charge in [0.1, 0.15) is 11.6 Å². The third-order valence-electron chi connectivity index (χ3n) is 3.96. The van der Waals surface area contributed by atoms with Crippen molar-refractivity contribution in [2.24, 2.45) is 0 Å². The van der Waals surface area contributed by atoms with Crippen LogP contribution in [-0.2, 0) is 11.3 Å². The van der Waals surface area contributed by atoms with Gasteiger partial charge >= 0.3 is 0 Å². The van der Waals surface area contributed by atoms with Gasteiger partial charge in [-0.1, -0.05) is 17.7 Å². The summed E-state index contributed by atoms with van der Waals surface area (Å²) in [5.74, 6) is -0.949. The summed E-state index contributed by atoms with van der Waals surface area (Å²) in [6.45, 7) is 0.416. The Morgan fingerprint density at radius 2 is 1.88 bits per heavy atom. The predicted molar refractivity (Wildman–Crippen MR) is 89.9 cm³/mol. The van der Waals surface area contributed by atoms with E-state index in [1.807, 2.05) is 4.90 Å². The van der Waals surface area contributed by atoms with Crippen molar-refractivity contribution >= 4 is 23.2 Å². The molecule has 2 aromatic rings. The van der Waals surface area contributed by atoms with Crippen molar-refractivity contribution in [3.8, 4) is 0 Å². The highest BCUT2D eigenvalue weighted by atomic mass is 35.5. The monoisotopic (exact) mass is 350 g/mol. The molecule has 1 aliphatic carbocycles. The maximum atomic E-state index is 14.0. The molecule has 6 heteroatoms. The Labute approximate surface area is 144 Å². The number of rotatable bonds is 6. The fourth-order valence-corrected chi connectivity index (χ4v) is 2.78. The number of carbonyl (C=O) groups excluding carboxylic acids is 1. The maximum absolute atomic E-state index is 14.0. The number of anilines is 1. The van der Waals surface area contributed by atoms with Gasteiger partial charge in [-0.25, -0.2) is 8.78 Å². The summed E-state index contributed by atoms with van der Waals surface area (Å²) >= 11 is 6.08. The number of hydrogen-bond donors (Lipinski definition) is 1. The maximum Gasteiger partial charge on any atom is 0.238 e. The smallest absolute Gasteiger partial charge is 0.238 e. The highest BCUT2D eigenvalue weighted by Crippen LogP contribution is 2.30. The van der Waals surface area contributed by atoms with Crippen LogP contribution >= 0.6 is 11.6 Å². The first kappa shape index (κ1) is 16.9. The summed E-state index contributed by atoms with van der Waals surface area (Å²) < 4.78 is 26.9. The molecule has 0 heterocycles. The first-order valence-corrected chi connectivity index (χ1v) is 8.13. The SMILES string of the molecule is O=C(CN(Cc1c(F)cccc1Cl)C1CC1)Nc1ccc(F)cc1. The molecule has 3 rings (SSSR count). The van der Waals surface area contributed by atoms with Crippen molar-refractivity contribution in [1.82, 2.24) is 4.90 Å². The zero-order chi connectivity index (χ0) is 17.1. The molecule has 1 aliphatic rings. The van der Waals surface area contributed by atoms with E-state index in [2.05, 4.69) is 5.32 Å². The van der Waals surface area contributed by atoms with Crippen molar-refractivity contribution in [3.05, 3.63) is 64.7 Å². The lowest BCUT2D eigenvalue weighted by Gasteiger charge is -2.22. The summed E-state index contributed by atoms with van der Waals surface area (Å²) in [5.41, 5.74) is 0.932. The molecule has 1 N–H and O–H groups in total. The Balaban J connectivity index is 1.66. The van der Waals surface area contributed by atoms with E-state index >= 15 is 0 Å². The predicted octanol–water partition coefficient (Wildman–Crippen LogP) is 4.22. The third-order valence-corrected chi connectivity index (χ3v) is 4.31. The molecule has 0 radical (unpaired) electrons. The zero-order valence-corrected chi connectivity index (χ0v) is 13.7. The first-order valence-electron chi connectivity index (χ1n) is 7.75. The van der Waals surface area contributed by atoms with E-state index < -0.39 is 0 Å². The van der Waals surface area contributed by atoms with Gasteiger partial charge in [0.25, 0.3) is 0 Å². The summed E-state index contributed by atoms with van der Waals surface area (Å²) in [4.78, 5) is 14.1. The Hall–Kier alpha value is -1.98. The summed E-state index contributed by atoms with van der Waals surface area (Å²) in [5, 5.41) is 3.08. The van der Waals surface area contributed by atoms with Crippen LogP contribution in [0.3, 0.4) is 0 Å². The summed E-state index contributed by atoms with van der Waals surface area (Å²) in [6, 6.07) is 10.4. The number of nitrogens with zero attached hydrogens (tertiary/aromatic N) is 1. The molecular weight excluding hydrogens is 334 g/mol. The standard InChI is InChI=1S/C18H17ClF2N2O/c19-16-2-1-3-17(21)15(16)10-23(14-8-9-14)11-18(24)22-13-6-4-12(20)5-7-13/h1-7,14H,8-11H2,(H,22,24). The fraction of sp³-hybridized carbons (Fsp3) is 0.278. The molecular formula is C18H17ClF2N2O. The molecule has 1 saturated carbocycles. The van der Waals surface area contributed by atoms with E-state index in [0.717, 1.165) is 12.8 Å². The number of amides is 1. The van der Waals surface area contributed by atoms with Gasteiger partial charge in [0.05, 0.1) is 6.54 Å². The van der Waals surface area contributed by atoms with Gasteiger partial charge in [-0.05, 0) is 49.2 Å². The molecule has 126 valence electrons. The van der Waals surface area contributed by atoms with E-state index in [0.29, 0.717) is 16.3 Å². The van der Waals surface area contributed by atoms with Gasteiger partial charge < -0.3 is 5.32 Å². The molecule has 0 bridgehead atoms. The minimum Gasteiger partial charge on any atom is -0.325 e. The summed E-state index contributed by atoms with van der Waals surface area (Å²) in [6.07, 6.45) is 1.96. The quantitative estimate of drug-likeness (QED) is 0.846. The molecule has 2 aromatic carbocycles. The van der Waals surface area contributed by atoms with Crippen LogP contribution in [-0.4, -0.2) is 23.4 Å².